The van der Waals surface area contributed by atoms with E-state index in [0.29, 0.717) is 35.4 Å². The third kappa shape index (κ3) is 2.60. The Morgan fingerprint density at radius 1 is 1.23 bits per heavy atom. The molecule has 2 aliphatic rings. The van der Waals surface area contributed by atoms with Crippen molar-refractivity contribution in [2.24, 2.45) is 0 Å². The van der Waals surface area contributed by atoms with Gasteiger partial charge in [-0.25, -0.2) is 0 Å². The normalized spacial score (nSPS) is 16.8. The van der Waals surface area contributed by atoms with Gasteiger partial charge in [0.25, 0.3) is 11.8 Å². The first-order chi connectivity index (χ1) is 10.6. The topological polar surface area (TPSA) is 88.1 Å². The molecule has 0 saturated heterocycles. The number of imide groups is 1. The van der Waals surface area contributed by atoms with Gasteiger partial charge >= 0.3 is 0 Å². The van der Waals surface area contributed by atoms with Crippen molar-refractivity contribution in [3.05, 3.63) is 28.9 Å². The maximum Gasteiger partial charge on any atom is 0.277 e. The molecule has 0 unspecified atom stereocenters. The van der Waals surface area contributed by atoms with E-state index in [1.807, 2.05) is 0 Å². The van der Waals surface area contributed by atoms with Crippen molar-refractivity contribution in [3.8, 4) is 11.5 Å². The van der Waals surface area contributed by atoms with Crippen LogP contribution in [-0.2, 0) is 9.59 Å². The van der Waals surface area contributed by atoms with Crippen molar-refractivity contribution in [1.82, 2.24) is 4.90 Å². The van der Waals surface area contributed by atoms with E-state index < -0.39 is 11.8 Å². The number of aliphatic hydroxyl groups excluding tert-OH is 1. The maximum atomic E-state index is 12.1. The van der Waals surface area contributed by atoms with Crippen LogP contribution in [0.3, 0.4) is 0 Å². The van der Waals surface area contributed by atoms with Crippen LogP contribution in [0, 0.1) is 0 Å². The maximum absolute atomic E-state index is 12.1. The largest absolute Gasteiger partial charge is 0.486 e. The summed E-state index contributed by atoms with van der Waals surface area (Å²) in [5.41, 5.74) is 0.529. The number of ether oxygens (including phenoxy) is 2. The molecular weight excluding hydrogens is 312 g/mol. The van der Waals surface area contributed by atoms with Crippen LogP contribution in [0.25, 0.3) is 0 Å². The highest BCUT2D eigenvalue weighted by Gasteiger charge is 2.31. The lowest BCUT2D eigenvalue weighted by Gasteiger charge is -2.20. The molecule has 2 N–H and O–H groups in total. The van der Waals surface area contributed by atoms with Gasteiger partial charge in [0.15, 0.2) is 11.5 Å². The second-order valence-corrected chi connectivity index (χ2v) is 5.08. The molecule has 1 aromatic carbocycles. The number of rotatable bonds is 4. The highest BCUT2D eigenvalue weighted by molar-refractivity contribution is 6.33. The van der Waals surface area contributed by atoms with Crippen molar-refractivity contribution < 1.29 is 24.2 Å². The number of β-amino-alcohol motifs (C(OH)–C–C–N with tert-alkyl or cyclic N) is 1. The lowest BCUT2D eigenvalue weighted by molar-refractivity contribution is -0.137. The zero-order valence-corrected chi connectivity index (χ0v) is 12.2. The quantitative estimate of drug-likeness (QED) is 0.795. The van der Waals surface area contributed by atoms with Crippen LogP contribution in [-0.4, -0.2) is 48.2 Å². The Kier molecular flexibility index (Phi) is 3.91. The fourth-order valence-electron chi connectivity index (χ4n) is 2.21. The Bertz CT molecular complexity index is 673. The summed E-state index contributed by atoms with van der Waals surface area (Å²) in [4.78, 5) is 24.7. The Labute approximate surface area is 131 Å². The minimum absolute atomic E-state index is 0.0474. The van der Waals surface area contributed by atoms with Gasteiger partial charge in [-0.05, 0) is 0 Å². The van der Waals surface area contributed by atoms with E-state index in [4.69, 9.17) is 26.2 Å². The molecule has 7 nitrogen and oxygen atoms in total. The van der Waals surface area contributed by atoms with Crippen molar-refractivity contribution in [2.75, 3.05) is 31.7 Å². The molecule has 2 aliphatic heterocycles. The van der Waals surface area contributed by atoms with Crippen LogP contribution in [0.1, 0.15) is 0 Å². The van der Waals surface area contributed by atoms with Crippen LogP contribution in [0.2, 0.25) is 5.02 Å². The van der Waals surface area contributed by atoms with Gasteiger partial charge in [-0.15, -0.1) is 0 Å². The first kappa shape index (κ1) is 14.7. The fourth-order valence-corrected chi connectivity index (χ4v) is 2.42. The van der Waals surface area contributed by atoms with Crippen LogP contribution in [0.4, 0.5) is 5.69 Å². The number of amides is 2. The van der Waals surface area contributed by atoms with E-state index in [0.717, 1.165) is 4.90 Å². The van der Waals surface area contributed by atoms with Crippen molar-refractivity contribution in [1.29, 1.82) is 0 Å². The summed E-state index contributed by atoms with van der Waals surface area (Å²) in [6.07, 6.45) is 1.17. The number of nitrogens with zero attached hydrogens (tertiary/aromatic N) is 1. The van der Waals surface area contributed by atoms with Gasteiger partial charge in [0.05, 0.1) is 23.9 Å². The summed E-state index contributed by atoms with van der Waals surface area (Å²) in [6, 6.07) is 3.20. The van der Waals surface area contributed by atoms with Gasteiger partial charge in [0.2, 0.25) is 0 Å². The Morgan fingerprint density at radius 3 is 2.59 bits per heavy atom. The molecule has 116 valence electrons. The summed E-state index contributed by atoms with van der Waals surface area (Å²) < 4.78 is 10.9. The van der Waals surface area contributed by atoms with Crippen LogP contribution in [0.15, 0.2) is 23.9 Å². The molecule has 0 radical (unpaired) electrons. The van der Waals surface area contributed by atoms with Crippen molar-refractivity contribution in [3.63, 3.8) is 0 Å². The van der Waals surface area contributed by atoms with Crippen LogP contribution >= 0.6 is 11.6 Å². The third-order valence-corrected chi connectivity index (χ3v) is 3.55. The molecule has 0 bridgehead atoms. The van der Waals surface area contributed by atoms with Gasteiger partial charge in [-0.1, -0.05) is 11.6 Å². The van der Waals surface area contributed by atoms with Gasteiger partial charge in [0, 0.05) is 18.2 Å². The highest BCUT2D eigenvalue weighted by atomic mass is 35.5. The first-order valence-corrected chi connectivity index (χ1v) is 7.02. The van der Waals surface area contributed by atoms with Gasteiger partial charge < -0.3 is 19.9 Å². The summed E-state index contributed by atoms with van der Waals surface area (Å²) in [5.74, 6) is 0.0643. The summed E-state index contributed by atoms with van der Waals surface area (Å²) >= 11 is 6.15. The van der Waals surface area contributed by atoms with E-state index in [9.17, 15) is 9.59 Å². The molecule has 0 fully saturated rings. The van der Waals surface area contributed by atoms with E-state index in [1.165, 1.54) is 6.08 Å². The average molecular weight is 325 g/mol. The molecule has 0 spiro atoms. The molecule has 1 aromatic rings. The summed E-state index contributed by atoms with van der Waals surface area (Å²) in [7, 11) is 0. The number of hydrogen-bond acceptors (Lipinski definition) is 6. The van der Waals surface area contributed by atoms with E-state index >= 15 is 0 Å². The lowest BCUT2D eigenvalue weighted by atomic mass is 10.2. The number of aliphatic hydroxyl groups is 1. The third-order valence-electron chi connectivity index (χ3n) is 3.23. The second-order valence-electron chi connectivity index (χ2n) is 4.68. The van der Waals surface area contributed by atoms with Crippen LogP contribution in [0.5, 0.6) is 11.5 Å². The SMILES string of the molecule is O=C1C=C(Nc2cc3c(cc2Cl)OCCO3)C(=O)N1CCO. The number of carbonyl (C=O) groups excluding carboxylic acids is 2. The first-order valence-electron chi connectivity index (χ1n) is 6.64. The number of halogens is 1. The number of anilines is 1. The Balaban J connectivity index is 1.83. The van der Waals surface area contributed by atoms with Gasteiger partial charge in [-0.2, -0.15) is 0 Å². The fraction of sp³-hybridized carbons (Fsp3) is 0.286. The molecular formula is C14H13ClN2O5. The number of fused-ring (bicyclic) bond motifs is 1. The zero-order chi connectivity index (χ0) is 15.7. The molecule has 8 heteroatoms. The second kappa shape index (κ2) is 5.86. The molecule has 2 amide bonds. The molecule has 0 atom stereocenters. The standard InChI is InChI=1S/C14H13ClN2O5/c15-8-5-11-12(22-4-3-21-11)6-9(8)16-10-7-13(19)17(1-2-18)14(10)20/h5-7,16,18H,1-4H2. The minimum Gasteiger partial charge on any atom is -0.486 e. The van der Waals surface area contributed by atoms with E-state index in [-0.39, 0.29) is 18.8 Å². The summed E-state index contributed by atoms with van der Waals surface area (Å²) in [5, 5.41) is 12.0. The molecule has 0 saturated carbocycles. The molecule has 0 aliphatic carbocycles. The molecule has 2 heterocycles. The molecule has 22 heavy (non-hydrogen) atoms. The lowest BCUT2D eigenvalue weighted by Crippen LogP contribution is -2.34. The Morgan fingerprint density at radius 2 is 1.91 bits per heavy atom. The predicted molar refractivity (Wildman–Crippen MR) is 78.0 cm³/mol. The smallest absolute Gasteiger partial charge is 0.277 e. The highest BCUT2D eigenvalue weighted by Crippen LogP contribution is 2.38. The number of nitrogens with one attached hydrogen (secondary N) is 1. The number of benzene rings is 1. The predicted octanol–water partition coefficient (Wildman–Crippen LogP) is 0.768. The van der Waals surface area contributed by atoms with Crippen LogP contribution < -0.4 is 14.8 Å². The van der Waals surface area contributed by atoms with Crippen molar-refractivity contribution >= 4 is 29.1 Å². The zero-order valence-electron chi connectivity index (χ0n) is 11.5. The molecule has 3 rings (SSSR count). The number of hydrogen-bond donors (Lipinski definition) is 2. The van der Waals surface area contributed by atoms with Gasteiger partial charge in [-0.3, -0.25) is 14.5 Å². The average Bonchev–Trinajstić information content (AvgIpc) is 2.76. The van der Waals surface area contributed by atoms with E-state index in [2.05, 4.69) is 5.32 Å². The number of carbonyl (C=O) groups is 2. The summed E-state index contributed by atoms with van der Waals surface area (Å²) in [6.45, 7) is 0.542. The van der Waals surface area contributed by atoms with E-state index in [1.54, 1.807) is 12.1 Å². The van der Waals surface area contributed by atoms with Gasteiger partial charge in [0.1, 0.15) is 18.9 Å². The monoisotopic (exact) mass is 324 g/mol. The van der Waals surface area contributed by atoms with Crippen molar-refractivity contribution in [2.45, 2.75) is 0 Å². The Hall–Kier alpha value is -2.25. The minimum atomic E-state index is -0.509. The molecule has 0 aromatic heterocycles.